The molecule has 8 heteroatoms. The van der Waals surface area contributed by atoms with Gasteiger partial charge in [-0.05, 0) is 93.9 Å². The van der Waals surface area contributed by atoms with Gasteiger partial charge in [0, 0.05) is 5.56 Å². The number of fused-ring (bicyclic) bond motifs is 1. The van der Waals surface area contributed by atoms with Gasteiger partial charge >= 0.3 is 0 Å². The van der Waals surface area contributed by atoms with Crippen molar-refractivity contribution in [1.29, 1.82) is 0 Å². The van der Waals surface area contributed by atoms with Crippen LogP contribution in [0, 0.1) is 15.9 Å². The first-order valence-electron chi connectivity index (χ1n) is 13.2. The van der Waals surface area contributed by atoms with Gasteiger partial charge in [0.15, 0.2) is 17.3 Å². The third-order valence-corrected chi connectivity index (χ3v) is 7.22. The number of nitrogens with zero attached hydrogens (tertiary/aromatic N) is 3. The molecule has 210 valence electrons. The molecule has 1 aromatic heterocycles. The maximum Gasteiger partial charge on any atom is 0.282 e. The van der Waals surface area contributed by atoms with E-state index in [0.717, 1.165) is 31.6 Å². The third-order valence-electron chi connectivity index (χ3n) is 6.42. The number of ether oxygens (including phenoxy) is 3. The molecule has 4 rings (SSSR count). The molecular weight excluding hydrogens is 617 g/mol. The number of halogens is 1. The van der Waals surface area contributed by atoms with E-state index in [1.165, 1.54) is 4.68 Å². The molecule has 0 radical (unpaired) electrons. The van der Waals surface area contributed by atoms with Crippen molar-refractivity contribution in [2.24, 2.45) is 10.5 Å². The Bertz CT molecular complexity index is 1630. The molecule has 4 aromatic rings. The van der Waals surface area contributed by atoms with Gasteiger partial charge in [-0.2, -0.15) is 9.78 Å². The van der Waals surface area contributed by atoms with Gasteiger partial charge in [-0.25, -0.2) is 4.98 Å². The number of methoxy groups -OCH3 is 2. The van der Waals surface area contributed by atoms with E-state index in [9.17, 15) is 4.79 Å². The smallest absolute Gasteiger partial charge is 0.282 e. The summed E-state index contributed by atoms with van der Waals surface area (Å²) in [4.78, 5) is 18.7. The van der Waals surface area contributed by atoms with E-state index >= 15 is 0 Å². The van der Waals surface area contributed by atoms with Crippen LogP contribution in [0.25, 0.3) is 22.3 Å². The highest BCUT2D eigenvalue weighted by atomic mass is 127. The van der Waals surface area contributed by atoms with Crippen molar-refractivity contribution >= 4 is 39.7 Å². The number of benzene rings is 3. The number of hydrogen-bond acceptors (Lipinski definition) is 6. The van der Waals surface area contributed by atoms with Crippen LogP contribution in [0.5, 0.6) is 17.2 Å². The zero-order chi connectivity index (χ0) is 29.2. The van der Waals surface area contributed by atoms with Gasteiger partial charge in [-0.15, -0.1) is 0 Å². The lowest BCUT2D eigenvalue weighted by molar-refractivity contribution is 0.190. The zero-order valence-electron chi connectivity index (χ0n) is 24.3. The molecule has 0 aliphatic heterocycles. The van der Waals surface area contributed by atoms with Crippen LogP contribution in [0.3, 0.4) is 0 Å². The lowest BCUT2D eigenvalue weighted by Gasteiger charge is -2.21. The summed E-state index contributed by atoms with van der Waals surface area (Å²) in [6, 6.07) is 15.2. The van der Waals surface area contributed by atoms with Gasteiger partial charge in [0.25, 0.3) is 5.56 Å². The molecule has 0 amide bonds. The minimum absolute atomic E-state index is 0.00386. The summed E-state index contributed by atoms with van der Waals surface area (Å²) in [5.74, 6) is 2.79. The molecule has 0 aliphatic carbocycles. The van der Waals surface area contributed by atoms with Gasteiger partial charge in [0.2, 0.25) is 0 Å². The normalized spacial score (nSPS) is 11.9. The first-order chi connectivity index (χ1) is 18.9. The zero-order valence-corrected chi connectivity index (χ0v) is 26.5. The second-order valence-electron chi connectivity index (χ2n) is 11.3. The molecule has 0 saturated heterocycles. The van der Waals surface area contributed by atoms with Crippen molar-refractivity contribution in [1.82, 2.24) is 9.66 Å². The van der Waals surface area contributed by atoms with Crippen LogP contribution in [0.15, 0.2) is 58.4 Å². The Labute approximate surface area is 249 Å². The molecule has 0 spiro atoms. The van der Waals surface area contributed by atoms with Crippen LogP contribution >= 0.6 is 22.6 Å². The fourth-order valence-corrected chi connectivity index (χ4v) is 5.12. The van der Waals surface area contributed by atoms with Crippen molar-refractivity contribution in [2.75, 3.05) is 20.8 Å². The van der Waals surface area contributed by atoms with Gasteiger partial charge in [0.05, 0.1) is 41.5 Å². The van der Waals surface area contributed by atoms with Gasteiger partial charge in [0.1, 0.15) is 5.75 Å². The Kier molecular flexibility index (Phi) is 8.87. The van der Waals surface area contributed by atoms with Gasteiger partial charge < -0.3 is 14.2 Å². The van der Waals surface area contributed by atoms with Crippen molar-refractivity contribution < 1.29 is 14.2 Å². The summed E-state index contributed by atoms with van der Waals surface area (Å²) in [6.07, 6.45) is 1.65. The van der Waals surface area contributed by atoms with Crippen LogP contribution < -0.4 is 19.8 Å². The fourth-order valence-electron chi connectivity index (χ4n) is 4.34. The largest absolute Gasteiger partial charge is 0.496 e. The summed E-state index contributed by atoms with van der Waals surface area (Å²) in [5.41, 5.74) is 3.93. The van der Waals surface area contributed by atoms with Crippen LogP contribution in [-0.2, 0) is 0 Å². The molecular formula is C32H36IN3O4. The molecule has 3 aromatic carbocycles. The van der Waals surface area contributed by atoms with E-state index in [1.54, 1.807) is 26.5 Å². The predicted octanol–water partition coefficient (Wildman–Crippen LogP) is 7.42. The first kappa shape index (κ1) is 29.6. The molecule has 0 bridgehead atoms. The number of aromatic nitrogens is 2. The summed E-state index contributed by atoms with van der Waals surface area (Å²) < 4.78 is 19.7. The van der Waals surface area contributed by atoms with Crippen LogP contribution in [0.1, 0.15) is 57.2 Å². The standard InChI is InChI=1S/C32H36IN3O4/c1-19(2)23-16-24(20(3)13-27(23)38-7)30-35-26-12-10-9-11-22(26)31(37)36(30)34-17-21-14-25(33)29(28(15-21)39-8)40-18-32(4,5)6/h9-17,19H,18H2,1-8H3. The number of hydrogen-bond donors (Lipinski definition) is 0. The van der Waals surface area contributed by atoms with Crippen molar-refractivity contribution in [3.8, 4) is 28.6 Å². The summed E-state index contributed by atoms with van der Waals surface area (Å²) in [7, 11) is 3.29. The minimum atomic E-state index is -0.245. The monoisotopic (exact) mass is 653 g/mol. The lowest BCUT2D eigenvalue weighted by Crippen LogP contribution is -2.21. The SMILES string of the molecule is COc1cc(C)c(-c2nc3ccccc3c(=O)n2N=Cc2cc(I)c(OCC(C)(C)C)c(OC)c2)cc1C(C)C. The van der Waals surface area contributed by atoms with Crippen LogP contribution in [0.4, 0.5) is 0 Å². The van der Waals surface area contributed by atoms with Crippen LogP contribution in [-0.4, -0.2) is 36.7 Å². The summed E-state index contributed by atoms with van der Waals surface area (Å²) >= 11 is 2.24. The molecule has 0 atom stereocenters. The fraction of sp³-hybridized carbons (Fsp3) is 0.344. The van der Waals surface area contributed by atoms with Crippen LogP contribution in [0.2, 0.25) is 0 Å². The van der Waals surface area contributed by atoms with Crippen molar-refractivity contribution in [2.45, 2.75) is 47.5 Å². The molecule has 0 N–H and O–H groups in total. The molecule has 0 fully saturated rings. The number of para-hydroxylation sites is 1. The maximum atomic E-state index is 13.8. The maximum absolute atomic E-state index is 13.8. The van der Waals surface area contributed by atoms with E-state index in [1.807, 2.05) is 43.3 Å². The Morgan fingerprint density at radius 2 is 1.75 bits per heavy atom. The predicted molar refractivity (Wildman–Crippen MR) is 170 cm³/mol. The highest BCUT2D eigenvalue weighted by Gasteiger charge is 2.19. The topological polar surface area (TPSA) is 74.9 Å². The second kappa shape index (κ2) is 12.0. The van der Waals surface area contributed by atoms with E-state index in [-0.39, 0.29) is 16.9 Å². The number of rotatable bonds is 8. The molecule has 0 aliphatic rings. The third kappa shape index (κ3) is 6.32. The molecule has 7 nitrogen and oxygen atoms in total. The van der Waals surface area contributed by atoms with E-state index < -0.39 is 0 Å². The first-order valence-corrected chi connectivity index (χ1v) is 14.3. The highest BCUT2D eigenvalue weighted by Crippen LogP contribution is 2.36. The highest BCUT2D eigenvalue weighted by molar-refractivity contribution is 14.1. The van der Waals surface area contributed by atoms with Gasteiger partial charge in [-0.3, -0.25) is 4.79 Å². The Hall–Kier alpha value is -3.40. The summed E-state index contributed by atoms with van der Waals surface area (Å²) in [6.45, 7) is 13.1. The average molecular weight is 654 g/mol. The molecule has 0 unspecified atom stereocenters. The molecule has 0 saturated carbocycles. The average Bonchev–Trinajstić information content (AvgIpc) is 2.90. The van der Waals surface area contributed by atoms with Crippen molar-refractivity contribution in [3.05, 3.63) is 79.1 Å². The van der Waals surface area contributed by atoms with E-state index in [2.05, 4.69) is 68.4 Å². The Balaban J connectivity index is 1.88. The van der Waals surface area contributed by atoms with E-state index in [4.69, 9.17) is 19.2 Å². The molecule has 1 heterocycles. The second-order valence-corrected chi connectivity index (χ2v) is 12.4. The van der Waals surface area contributed by atoms with Crippen molar-refractivity contribution in [3.63, 3.8) is 0 Å². The molecule has 40 heavy (non-hydrogen) atoms. The number of aryl methyl sites for hydroxylation is 1. The minimum Gasteiger partial charge on any atom is -0.496 e. The quantitative estimate of drug-likeness (QED) is 0.146. The summed E-state index contributed by atoms with van der Waals surface area (Å²) in [5, 5.41) is 5.17. The van der Waals surface area contributed by atoms with E-state index in [0.29, 0.717) is 34.8 Å². The van der Waals surface area contributed by atoms with Gasteiger partial charge in [-0.1, -0.05) is 46.8 Å². The Morgan fingerprint density at radius 3 is 2.40 bits per heavy atom. The Morgan fingerprint density at radius 1 is 1.05 bits per heavy atom. The lowest BCUT2D eigenvalue weighted by atomic mass is 9.96.